The van der Waals surface area contributed by atoms with Crippen molar-refractivity contribution >= 4 is 5.97 Å². The van der Waals surface area contributed by atoms with E-state index in [4.69, 9.17) is 0 Å². The molecule has 19 heavy (non-hydrogen) atoms. The Bertz CT molecular complexity index is 413. The van der Waals surface area contributed by atoms with Crippen LogP contribution in [0.3, 0.4) is 0 Å². The fourth-order valence-electron chi connectivity index (χ4n) is 3.12. The van der Waals surface area contributed by atoms with Crippen LogP contribution >= 0.6 is 0 Å². The van der Waals surface area contributed by atoms with Crippen LogP contribution in [0.25, 0.3) is 0 Å². The van der Waals surface area contributed by atoms with Crippen molar-refractivity contribution in [2.75, 3.05) is 7.05 Å². The van der Waals surface area contributed by atoms with E-state index in [-0.39, 0.29) is 12.0 Å². The number of carboxylic acids is 1. The van der Waals surface area contributed by atoms with Crippen molar-refractivity contribution in [2.24, 2.45) is 0 Å². The van der Waals surface area contributed by atoms with Crippen LogP contribution in [-0.4, -0.2) is 33.5 Å². The van der Waals surface area contributed by atoms with Crippen molar-refractivity contribution in [2.45, 2.75) is 50.6 Å². The molecule has 0 saturated heterocycles. The molecule has 0 aromatic carbocycles. The van der Waals surface area contributed by atoms with Gasteiger partial charge in [0.1, 0.15) is 0 Å². The van der Waals surface area contributed by atoms with Gasteiger partial charge in [-0.25, -0.2) is 0 Å². The summed E-state index contributed by atoms with van der Waals surface area (Å²) in [6.45, 7) is 0.765. The molecule has 1 aromatic heterocycles. The number of carbonyl (C=O) groups is 1. The molecular formula is C15H22N2O2. The Kier molecular flexibility index (Phi) is 4.53. The Labute approximate surface area is 114 Å². The number of rotatable bonds is 5. The maximum Gasteiger partial charge on any atom is 0.305 e. The van der Waals surface area contributed by atoms with Crippen molar-refractivity contribution < 1.29 is 9.90 Å². The lowest BCUT2D eigenvalue weighted by Crippen LogP contribution is -2.49. The zero-order valence-corrected chi connectivity index (χ0v) is 11.5. The van der Waals surface area contributed by atoms with Crippen LogP contribution in [0.1, 0.15) is 44.1 Å². The molecule has 0 unspecified atom stereocenters. The highest BCUT2D eigenvalue weighted by Crippen LogP contribution is 2.36. The van der Waals surface area contributed by atoms with Crippen LogP contribution in [0, 0.1) is 0 Å². The van der Waals surface area contributed by atoms with Gasteiger partial charge in [0.15, 0.2) is 0 Å². The second-order valence-corrected chi connectivity index (χ2v) is 5.57. The predicted octanol–water partition coefficient (Wildman–Crippen LogP) is 2.69. The summed E-state index contributed by atoms with van der Waals surface area (Å²) < 4.78 is 0. The molecular weight excluding hydrogens is 240 g/mol. The van der Waals surface area contributed by atoms with Gasteiger partial charge >= 0.3 is 5.97 Å². The zero-order chi connectivity index (χ0) is 13.7. The van der Waals surface area contributed by atoms with Crippen LogP contribution in [0.2, 0.25) is 0 Å². The number of aromatic nitrogens is 1. The first-order chi connectivity index (χ1) is 9.12. The van der Waals surface area contributed by atoms with Crippen LogP contribution < -0.4 is 0 Å². The first-order valence-electron chi connectivity index (χ1n) is 6.94. The second-order valence-electron chi connectivity index (χ2n) is 5.57. The molecule has 0 aliphatic heterocycles. The van der Waals surface area contributed by atoms with Gasteiger partial charge in [0, 0.05) is 24.5 Å². The van der Waals surface area contributed by atoms with Gasteiger partial charge in [-0.1, -0.05) is 25.3 Å². The van der Waals surface area contributed by atoms with E-state index in [2.05, 4.69) is 9.88 Å². The summed E-state index contributed by atoms with van der Waals surface area (Å²) in [5.41, 5.74) is 0.959. The minimum absolute atomic E-state index is 0.181. The summed E-state index contributed by atoms with van der Waals surface area (Å²) in [7, 11) is 2.04. The van der Waals surface area contributed by atoms with E-state index in [9.17, 15) is 9.90 Å². The quantitative estimate of drug-likeness (QED) is 0.886. The summed E-state index contributed by atoms with van der Waals surface area (Å²) in [5.74, 6) is -0.695. The largest absolute Gasteiger partial charge is 0.481 e. The second kappa shape index (κ2) is 6.15. The van der Waals surface area contributed by atoms with E-state index < -0.39 is 5.97 Å². The molecule has 1 saturated carbocycles. The Balaban J connectivity index is 2.11. The summed E-state index contributed by atoms with van der Waals surface area (Å²) in [4.78, 5) is 17.5. The normalized spacial score (nSPS) is 18.4. The van der Waals surface area contributed by atoms with Crippen molar-refractivity contribution in [3.05, 3.63) is 30.1 Å². The molecule has 2 rings (SSSR count). The van der Waals surface area contributed by atoms with Gasteiger partial charge in [-0.2, -0.15) is 0 Å². The van der Waals surface area contributed by atoms with Crippen LogP contribution in [0.5, 0.6) is 0 Å². The molecule has 4 nitrogen and oxygen atoms in total. The van der Waals surface area contributed by atoms with Crippen molar-refractivity contribution in [1.82, 2.24) is 9.88 Å². The third-order valence-corrected chi connectivity index (χ3v) is 4.22. The Hall–Kier alpha value is -1.42. The predicted molar refractivity (Wildman–Crippen MR) is 73.8 cm³/mol. The van der Waals surface area contributed by atoms with Gasteiger partial charge < -0.3 is 5.11 Å². The molecule has 1 fully saturated rings. The van der Waals surface area contributed by atoms with E-state index in [0.29, 0.717) is 0 Å². The highest BCUT2D eigenvalue weighted by Gasteiger charge is 2.37. The number of aliphatic carboxylic acids is 1. The summed E-state index contributed by atoms with van der Waals surface area (Å²) in [5, 5.41) is 9.21. The lowest BCUT2D eigenvalue weighted by molar-refractivity contribution is -0.141. The SMILES string of the molecule is CN(Cc1cccnc1)C1(CC(=O)O)CCCCC1. The third-order valence-electron chi connectivity index (χ3n) is 4.22. The molecule has 0 spiro atoms. The standard InChI is InChI=1S/C15H22N2O2/c1-17(12-13-6-5-9-16-11-13)15(10-14(18)19)7-3-2-4-8-15/h5-6,9,11H,2-4,7-8,10,12H2,1H3,(H,18,19). The van der Waals surface area contributed by atoms with Gasteiger partial charge in [0.25, 0.3) is 0 Å². The average Bonchev–Trinajstić information content (AvgIpc) is 2.40. The maximum absolute atomic E-state index is 11.2. The van der Waals surface area contributed by atoms with E-state index >= 15 is 0 Å². The van der Waals surface area contributed by atoms with Crippen LogP contribution in [-0.2, 0) is 11.3 Å². The summed E-state index contributed by atoms with van der Waals surface area (Å²) in [6.07, 6.45) is 9.30. The zero-order valence-electron chi connectivity index (χ0n) is 11.5. The molecule has 4 heteroatoms. The minimum atomic E-state index is -0.695. The Morgan fingerprint density at radius 2 is 2.16 bits per heavy atom. The number of nitrogens with zero attached hydrogens (tertiary/aromatic N) is 2. The van der Waals surface area contributed by atoms with Crippen molar-refractivity contribution in [3.8, 4) is 0 Å². The van der Waals surface area contributed by atoms with Crippen molar-refractivity contribution in [1.29, 1.82) is 0 Å². The molecule has 1 N–H and O–H groups in total. The Morgan fingerprint density at radius 1 is 1.42 bits per heavy atom. The number of hydrogen-bond acceptors (Lipinski definition) is 3. The van der Waals surface area contributed by atoms with E-state index in [1.807, 2.05) is 25.4 Å². The smallest absolute Gasteiger partial charge is 0.305 e. The summed E-state index contributed by atoms with van der Waals surface area (Å²) >= 11 is 0. The van der Waals surface area contributed by atoms with Gasteiger partial charge in [-0.3, -0.25) is 14.7 Å². The number of carboxylic acid groups (broad SMARTS) is 1. The molecule has 0 atom stereocenters. The van der Waals surface area contributed by atoms with Crippen LogP contribution in [0.4, 0.5) is 0 Å². The minimum Gasteiger partial charge on any atom is -0.481 e. The van der Waals surface area contributed by atoms with Gasteiger partial charge in [0.05, 0.1) is 6.42 Å². The Morgan fingerprint density at radius 3 is 2.74 bits per heavy atom. The lowest BCUT2D eigenvalue weighted by Gasteiger charge is -2.44. The summed E-state index contributed by atoms with van der Waals surface area (Å²) in [6, 6.07) is 3.97. The number of pyridine rings is 1. The molecule has 0 bridgehead atoms. The first kappa shape index (κ1) is 14.0. The van der Waals surface area contributed by atoms with E-state index in [1.165, 1.54) is 6.42 Å². The molecule has 0 amide bonds. The molecule has 0 radical (unpaired) electrons. The molecule has 104 valence electrons. The first-order valence-corrected chi connectivity index (χ1v) is 6.94. The molecule has 1 aromatic rings. The van der Waals surface area contributed by atoms with Crippen molar-refractivity contribution in [3.63, 3.8) is 0 Å². The van der Waals surface area contributed by atoms with Gasteiger partial charge in [-0.15, -0.1) is 0 Å². The van der Waals surface area contributed by atoms with Crippen LogP contribution in [0.15, 0.2) is 24.5 Å². The third kappa shape index (κ3) is 3.53. The lowest BCUT2D eigenvalue weighted by atomic mass is 9.78. The van der Waals surface area contributed by atoms with Gasteiger partial charge in [-0.05, 0) is 31.5 Å². The molecule has 1 aliphatic rings. The highest BCUT2D eigenvalue weighted by molar-refractivity contribution is 5.68. The highest BCUT2D eigenvalue weighted by atomic mass is 16.4. The molecule has 1 aliphatic carbocycles. The average molecular weight is 262 g/mol. The van der Waals surface area contributed by atoms with E-state index in [1.54, 1.807) is 6.20 Å². The maximum atomic E-state index is 11.2. The monoisotopic (exact) mass is 262 g/mol. The number of hydrogen-bond donors (Lipinski definition) is 1. The van der Waals surface area contributed by atoms with E-state index in [0.717, 1.165) is 37.8 Å². The molecule has 1 heterocycles. The fourth-order valence-corrected chi connectivity index (χ4v) is 3.12. The topological polar surface area (TPSA) is 53.4 Å². The van der Waals surface area contributed by atoms with Gasteiger partial charge in [0.2, 0.25) is 0 Å². The fraction of sp³-hybridized carbons (Fsp3) is 0.600.